The molecule has 0 saturated carbocycles. The third-order valence-corrected chi connectivity index (χ3v) is 7.87. The molecule has 1 atom stereocenters. The second-order valence-electron chi connectivity index (χ2n) is 9.05. The van der Waals surface area contributed by atoms with Crippen molar-refractivity contribution in [2.45, 2.75) is 65.5 Å². The van der Waals surface area contributed by atoms with Crippen molar-refractivity contribution in [1.29, 1.82) is 0 Å². The largest absolute Gasteiger partial charge is 0.354 e. The van der Waals surface area contributed by atoms with Gasteiger partial charge in [-0.25, -0.2) is 8.42 Å². The normalized spacial score (nSPS) is 12.2. The molecule has 2 rings (SSSR count). The molecule has 0 aliphatic heterocycles. The molecule has 0 spiro atoms. The lowest BCUT2D eigenvalue weighted by atomic mass is 10.1. The number of amides is 2. The average molecular weight is 571 g/mol. The summed E-state index contributed by atoms with van der Waals surface area (Å²) >= 11 is 12.4. The maximum absolute atomic E-state index is 13.5. The molecule has 2 aromatic carbocycles. The van der Waals surface area contributed by atoms with E-state index in [2.05, 4.69) is 5.32 Å². The highest BCUT2D eigenvalue weighted by Crippen LogP contribution is 2.25. The Balaban J connectivity index is 2.24. The summed E-state index contributed by atoms with van der Waals surface area (Å²) in [5.74, 6) is -0.464. The number of nitrogens with zero attached hydrogens (tertiary/aromatic N) is 2. The first-order valence-corrected chi connectivity index (χ1v) is 15.1. The van der Waals surface area contributed by atoms with Gasteiger partial charge >= 0.3 is 0 Å². The zero-order valence-electron chi connectivity index (χ0n) is 22.0. The fourth-order valence-corrected chi connectivity index (χ4v) is 5.58. The lowest BCUT2D eigenvalue weighted by Crippen LogP contribution is -2.49. The molecule has 0 aliphatic carbocycles. The first-order chi connectivity index (χ1) is 17.5. The second-order valence-corrected chi connectivity index (χ2v) is 11.8. The highest BCUT2D eigenvalue weighted by atomic mass is 35.5. The van der Waals surface area contributed by atoms with Gasteiger partial charge in [-0.05, 0) is 55.5 Å². The standard InChI is InChI=1S/C27H37Cl2N3O4S/c1-5-7-16-30-27(34)24(6-2)31(19-21-14-15-22(28)18-23(21)29)26(33)13-10-17-32(37(4,35)36)25-12-9-8-11-20(25)3/h8-9,11-12,14-15,18,24H,5-7,10,13,16-17,19H2,1-4H3,(H,30,34)/t24-/m1/s1. The van der Waals surface area contributed by atoms with Gasteiger partial charge in [0.15, 0.2) is 0 Å². The Bertz CT molecular complexity index is 1170. The Morgan fingerprint density at radius 3 is 2.35 bits per heavy atom. The Morgan fingerprint density at radius 2 is 1.76 bits per heavy atom. The van der Waals surface area contributed by atoms with Gasteiger partial charge in [0, 0.05) is 36.1 Å². The van der Waals surface area contributed by atoms with Crippen molar-refractivity contribution in [3.05, 3.63) is 63.6 Å². The van der Waals surface area contributed by atoms with Crippen LogP contribution in [-0.4, -0.2) is 50.5 Å². The van der Waals surface area contributed by atoms with E-state index in [1.807, 2.05) is 32.9 Å². The third-order valence-electron chi connectivity index (χ3n) is 6.11. The van der Waals surface area contributed by atoms with E-state index < -0.39 is 16.1 Å². The fourth-order valence-electron chi connectivity index (χ4n) is 4.08. The number of hydrogen-bond acceptors (Lipinski definition) is 4. The van der Waals surface area contributed by atoms with Gasteiger partial charge in [0.25, 0.3) is 0 Å². The summed E-state index contributed by atoms with van der Waals surface area (Å²) in [5, 5.41) is 3.82. The van der Waals surface area contributed by atoms with Crippen molar-refractivity contribution in [2.75, 3.05) is 23.7 Å². The number of sulfonamides is 1. The van der Waals surface area contributed by atoms with E-state index in [0.29, 0.717) is 40.7 Å². The number of hydrogen-bond donors (Lipinski definition) is 1. The molecule has 10 heteroatoms. The van der Waals surface area contributed by atoms with Gasteiger partial charge in [-0.2, -0.15) is 0 Å². The molecule has 0 fully saturated rings. The molecule has 0 aliphatic rings. The smallest absolute Gasteiger partial charge is 0.242 e. The summed E-state index contributed by atoms with van der Waals surface area (Å²) in [4.78, 5) is 28.1. The van der Waals surface area contributed by atoms with Crippen molar-refractivity contribution in [1.82, 2.24) is 10.2 Å². The Kier molecular flexibility index (Phi) is 12.2. The maximum Gasteiger partial charge on any atom is 0.242 e. The molecule has 204 valence electrons. The van der Waals surface area contributed by atoms with Gasteiger partial charge in [0.2, 0.25) is 21.8 Å². The number of benzene rings is 2. The molecular weight excluding hydrogens is 533 g/mol. The molecule has 1 N–H and O–H groups in total. The maximum atomic E-state index is 13.5. The van der Waals surface area contributed by atoms with Crippen LogP contribution in [0.15, 0.2) is 42.5 Å². The van der Waals surface area contributed by atoms with E-state index >= 15 is 0 Å². The molecule has 0 bridgehead atoms. The molecule has 0 radical (unpaired) electrons. The van der Waals surface area contributed by atoms with Gasteiger partial charge in [-0.15, -0.1) is 0 Å². The van der Waals surface area contributed by atoms with Crippen LogP contribution < -0.4 is 9.62 Å². The van der Waals surface area contributed by atoms with Crippen LogP contribution in [0, 0.1) is 6.92 Å². The average Bonchev–Trinajstić information content (AvgIpc) is 2.83. The zero-order chi connectivity index (χ0) is 27.6. The van der Waals surface area contributed by atoms with E-state index in [4.69, 9.17) is 23.2 Å². The number of nitrogens with one attached hydrogen (secondary N) is 1. The summed E-state index contributed by atoms with van der Waals surface area (Å²) in [5.41, 5.74) is 2.09. The van der Waals surface area contributed by atoms with Crippen molar-refractivity contribution in [2.24, 2.45) is 0 Å². The molecule has 0 unspecified atom stereocenters. The van der Waals surface area contributed by atoms with E-state index in [-0.39, 0.29) is 31.3 Å². The molecule has 0 heterocycles. The summed E-state index contributed by atoms with van der Waals surface area (Å²) in [6, 6.07) is 11.6. The van der Waals surface area contributed by atoms with E-state index in [0.717, 1.165) is 24.7 Å². The van der Waals surface area contributed by atoms with Crippen LogP contribution in [0.25, 0.3) is 0 Å². The lowest BCUT2D eigenvalue weighted by molar-refractivity contribution is -0.141. The van der Waals surface area contributed by atoms with E-state index in [1.165, 1.54) is 9.21 Å². The number of carbonyl (C=O) groups is 2. The monoisotopic (exact) mass is 569 g/mol. The first kappa shape index (κ1) is 30.9. The SMILES string of the molecule is CCCCNC(=O)[C@@H](CC)N(Cc1ccc(Cl)cc1Cl)C(=O)CCCN(c1ccccc1C)S(C)(=O)=O. The van der Waals surface area contributed by atoms with E-state index in [1.54, 1.807) is 30.3 Å². The van der Waals surface area contributed by atoms with Crippen molar-refractivity contribution in [3.63, 3.8) is 0 Å². The number of aryl methyl sites for hydroxylation is 1. The molecule has 0 saturated heterocycles. The minimum Gasteiger partial charge on any atom is -0.354 e. The Hall–Kier alpha value is -2.29. The number of unbranched alkanes of at least 4 members (excludes halogenated alkanes) is 1. The molecule has 2 aromatic rings. The van der Waals surface area contributed by atoms with Gasteiger partial charge in [0.1, 0.15) is 6.04 Å². The third kappa shape index (κ3) is 9.20. The van der Waals surface area contributed by atoms with Gasteiger partial charge in [-0.1, -0.05) is 67.7 Å². The van der Waals surface area contributed by atoms with Crippen LogP contribution in [0.1, 0.15) is 57.1 Å². The number of halogens is 2. The number of rotatable bonds is 14. The molecule has 2 amide bonds. The predicted molar refractivity (Wildman–Crippen MR) is 152 cm³/mol. The highest BCUT2D eigenvalue weighted by molar-refractivity contribution is 7.92. The lowest BCUT2D eigenvalue weighted by Gasteiger charge is -2.31. The highest BCUT2D eigenvalue weighted by Gasteiger charge is 2.29. The zero-order valence-corrected chi connectivity index (χ0v) is 24.3. The fraction of sp³-hybridized carbons (Fsp3) is 0.481. The van der Waals surface area contributed by atoms with Crippen molar-refractivity contribution in [3.8, 4) is 0 Å². The second kappa shape index (κ2) is 14.6. The van der Waals surface area contributed by atoms with Gasteiger partial charge in [0.05, 0.1) is 11.9 Å². The molecule has 7 nitrogen and oxygen atoms in total. The summed E-state index contributed by atoms with van der Waals surface area (Å²) in [6.45, 7) is 6.57. The molecule has 37 heavy (non-hydrogen) atoms. The van der Waals surface area contributed by atoms with Crippen LogP contribution in [0.4, 0.5) is 5.69 Å². The van der Waals surface area contributed by atoms with Gasteiger partial charge in [-0.3, -0.25) is 13.9 Å². The van der Waals surface area contributed by atoms with Crippen LogP contribution in [0.2, 0.25) is 10.0 Å². The predicted octanol–water partition coefficient (Wildman–Crippen LogP) is 5.57. The first-order valence-electron chi connectivity index (χ1n) is 12.5. The molecule has 0 aromatic heterocycles. The van der Waals surface area contributed by atoms with Crippen LogP contribution >= 0.6 is 23.2 Å². The molecular formula is C27H37Cl2N3O4S. The summed E-state index contributed by atoms with van der Waals surface area (Å²) in [7, 11) is -3.55. The minimum absolute atomic E-state index is 0.0713. The van der Waals surface area contributed by atoms with Crippen LogP contribution in [0.3, 0.4) is 0 Å². The summed E-state index contributed by atoms with van der Waals surface area (Å²) < 4.78 is 26.4. The quantitative estimate of drug-likeness (QED) is 0.301. The topological polar surface area (TPSA) is 86.8 Å². The van der Waals surface area contributed by atoms with Crippen molar-refractivity contribution >= 4 is 50.7 Å². The summed E-state index contributed by atoms with van der Waals surface area (Å²) in [6.07, 6.45) is 3.73. The Labute approximate surface area is 231 Å². The van der Waals surface area contributed by atoms with Crippen molar-refractivity contribution < 1.29 is 18.0 Å². The van der Waals surface area contributed by atoms with Crippen LogP contribution in [0.5, 0.6) is 0 Å². The van der Waals surface area contributed by atoms with Gasteiger partial charge < -0.3 is 10.2 Å². The number of carbonyl (C=O) groups excluding carboxylic acids is 2. The Morgan fingerprint density at radius 1 is 1.05 bits per heavy atom. The van der Waals surface area contributed by atoms with E-state index in [9.17, 15) is 18.0 Å². The minimum atomic E-state index is -3.55. The number of para-hydroxylation sites is 1. The number of anilines is 1. The van der Waals surface area contributed by atoms with Crippen LogP contribution in [-0.2, 0) is 26.2 Å².